The normalized spacial score (nSPS) is 17.1. The Morgan fingerprint density at radius 1 is 1.32 bits per heavy atom. The van der Waals surface area contributed by atoms with Crippen molar-refractivity contribution in [3.8, 4) is 0 Å². The van der Waals surface area contributed by atoms with Crippen molar-refractivity contribution in [1.29, 1.82) is 0 Å². The molecule has 2 N–H and O–H groups in total. The van der Waals surface area contributed by atoms with E-state index in [9.17, 15) is 23.1 Å². The Morgan fingerprint density at radius 2 is 2.07 bits per heavy atom. The molecule has 0 saturated carbocycles. The number of hydrogen-bond donors (Lipinski definition) is 2. The number of aromatic nitrogens is 1. The minimum atomic E-state index is -4.57. The molecule has 1 aliphatic rings. The highest BCUT2D eigenvalue weighted by Crippen LogP contribution is 2.35. The third-order valence-electron chi connectivity index (χ3n) is 4.33. The van der Waals surface area contributed by atoms with E-state index in [4.69, 9.17) is 23.2 Å². The summed E-state index contributed by atoms with van der Waals surface area (Å²) in [6.45, 7) is 0.607. The fourth-order valence-electron chi connectivity index (χ4n) is 2.92. The predicted molar refractivity (Wildman–Crippen MR) is 99.6 cm³/mol. The molecule has 10 heteroatoms. The van der Waals surface area contributed by atoms with Gasteiger partial charge in [-0.1, -0.05) is 29.3 Å². The lowest BCUT2D eigenvalue weighted by molar-refractivity contribution is -0.137. The maximum atomic E-state index is 13.0. The van der Waals surface area contributed by atoms with Gasteiger partial charge in [-0.15, -0.1) is 0 Å². The largest absolute Gasteiger partial charge is 0.417 e. The van der Waals surface area contributed by atoms with Crippen molar-refractivity contribution < 1.29 is 23.1 Å². The average molecular weight is 434 g/mol. The molecule has 0 aliphatic carbocycles. The molecule has 2 heterocycles. The van der Waals surface area contributed by atoms with E-state index in [0.29, 0.717) is 24.2 Å². The molecule has 1 aromatic carbocycles. The van der Waals surface area contributed by atoms with Gasteiger partial charge in [-0.2, -0.15) is 13.2 Å². The zero-order chi connectivity index (χ0) is 20.5. The van der Waals surface area contributed by atoms with Crippen molar-refractivity contribution in [3.63, 3.8) is 0 Å². The molecule has 1 amide bonds. The van der Waals surface area contributed by atoms with Gasteiger partial charge in [0.05, 0.1) is 27.4 Å². The van der Waals surface area contributed by atoms with Gasteiger partial charge in [0, 0.05) is 25.8 Å². The Morgan fingerprint density at radius 3 is 2.71 bits per heavy atom. The number of alkyl halides is 3. The predicted octanol–water partition coefficient (Wildman–Crippen LogP) is 4.23. The van der Waals surface area contributed by atoms with Crippen LogP contribution in [-0.4, -0.2) is 40.1 Å². The van der Waals surface area contributed by atoms with Crippen LogP contribution in [0, 0.1) is 0 Å². The van der Waals surface area contributed by atoms with Crippen LogP contribution in [0.4, 0.5) is 18.9 Å². The molecule has 1 unspecified atom stereocenters. The Bertz CT molecular complexity index is 893. The van der Waals surface area contributed by atoms with E-state index in [-0.39, 0.29) is 34.7 Å². The van der Waals surface area contributed by atoms with Crippen LogP contribution in [0.15, 0.2) is 30.5 Å². The lowest BCUT2D eigenvalue weighted by atomic mass is 10.1. The van der Waals surface area contributed by atoms with E-state index >= 15 is 0 Å². The van der Waals surface area contributed by atoms with Crippen LogP contribution in [0.1, 0.15) is 28.0 Å². The first kappa shape index (κ1) is 20.7. The molecule has 1 aliphatic heterocycles. The number of benzene rings is 1. The molecule has 5 nitrogen and oxygen atoms in total. The van der Waals surface area contributed by atoms with E-state index < -0.39 is 17.8 Å². The van der Waals surface area contributed by atoms with Gasteiger partial charge in [0.15, 0.2) is 5.69 Å². The number of pyridine rings is 1. The zero-order valence-electron chi connectivity index (χ0n) is 14.4. The van der Waals surface area contributed by atoms with Gasteiger partial charge >= 0.3 is 6.18 Å². The van der Waals surface area contributed by atoms with Crippen molar-refractivity contribution in [2.24, 2.45) is 0 Å². The van der Waals surface area contributed by atoms with Crippen molar-refractivity contribution in [2.45, 2.75) is 25.2 Å². The molecule has 1 saturated heterocycles. The van der Waals surface area contributed by atoms with Crippen LogP contribution in [0.2, 0.25) is 10.0 Å². The van der Waals surface area contributed by atoms with Crippen molar-refractivity contribution in [1.82, 2.24) is 9.88 Å². The molecule has 1 atom stereocenters. The smallest absolute Gasteiger partial charge is 0.391 e. The zero-order valence-corrected chi connectivity index (χ0v) is 15.9. The second kappa shape index (κ2) is 8.14. The molecule has 28 heavy (non-hydrogen) atoms. The Balaban J connectivity index is 1.81. The summed E-state index contributed by atoms with van der Waals surface area (Å²) < 4.78 is 39.0. The van der Waals surface area contributed by atoms with Gasteiger partial charge in [-0.3, -0.25) is 4.79 Å². The van der Waals surface area contributed by atoms with E-state index in [1.165, 1.54) is 29.3 Å². The number of β-amino-alcohol motifs (C(OH)–C–C–N with tert-alkyl or cyclic N) is 1. The minimum absolute atomic E-state index is 0.00514. The maximum Gasteiger partial charge on any atom is 0.417 e. The van der Waals surface area contributed by atoms with Crippen LogP contribution in [0.5, 0.6) is 0 Å². The number of aliphatic hydroxyl groups excluding tert-OH is 1. The summed E-state index contributed by atoms with van der Waals surface area (Å²) in [4.78, 5) is 18.2. The highest BCUT2D eigenvalue weighted by atomic mass is 35.5. The fraction of sp³-hybridized carbons (Fsp3) is 0.333. The first-order valence-corrected chi connectivity index (χ1v) is 9.13. The van der Waals surface area contributed by atoms with Crippen LogP contribution in [0.25, 0.3) is 0 Å². The molecular weight excluding hydrogens is 418 g/mol. The number of amides is 1. The summed E-state index contributed by atoms with van der Waals surface area (Å²) in [7, 11) is 0. The lowest BCUT2D eigenvalue weighted by Gasteiger charge is -2.18. The second-order valence-electron chi connectivity index (χ2n) is 6.41. The molecule has 1 aromatic heterocycles. The molecule has 0 radical (unpaired) electrons. The number of nitrogens with one attached hydrogen (secondary N) is 1. The average Bonchev–Trinajstić information content (AvgIpc) is 3.06. The number of carbonyl (C=O) groups is 1. The van der Waals surface area contributed by atoms with Gasteiger partial charge in [-0.25, -0.2) is 4.98 Å². The van der Waals surface area contributed by atoms with Gasteiger partial charge < -0.3 is 15.3 Å². The van der Waals surface area contributed by atoms with Gasteiger partial charge in [0.25, 0.3) is 5.91 Å². The molecule has 0 spiro atoms. The molecule has 2 aromatic rings. The number of rotatable bonds is 4. The summed E-state index contributed by atoms with van der Waals surface area (Å²) in [5, 5.41) is 12.4. The number of anilines is 1. The van der Waals surface area contributed by atoms with Crippen LogP contribution < -0.4 is 5.32 Å². The van der Waals surface area contributed by atoms with Crippen LogP contribution >= 0.6 is 23.2 Å². The van der Waals surface area contributed by atoms with Crippen LogP contribution in [0.3, 0.4) is 0 Å². The van der Waals surface area contributed by atoms with Crippen molar-refractivity contribution >= 4 is 34.8 Å². The third kappa shape index (κ3) is 4.68. The quantitative estimate of drug-likeness (QED) is 0.757. The van der Waals surface area contributed by atoms with Crippen molar-refractivity contribution in [3.05, 3.63) is 57.3 Å². The monoisotopic (exact) mass is 433 g/mol. The number of hydrogen-bond acceptors (Lipinski definition) is 4. The molecule has 0 bridgehead atoms. The molecular formula is C18H16Cl2F3N3O2. The van der Waals surface area contributed by atoms with Gasteiger partial charge in [-0.05, 0) is 30.2 Å². The number of likely N-dealkylation sites (tertiary alicyclic amines) is 1. The first-order chi connectivity index (χ1) is 13.1. The molecule has 150 valence electrons. The highest BCUT2D eigenvalue weighted by Gasteiger charge is 2.33. The highest BCUT2D eigenvalue weighted by molar-refractivity contribution is 6.31. The van der Waals surface area contributed by atoms with E-state index in [0.717, 1.165) is 6.07 Å². The van der Waals surface area contributed by atoms with E-state index in [1.54, 1.807) is 0 Å². The summed E-state index contributed by atoms with van der Waals surface area (Å²) >= 11 is 11.6. The topological polar surface area (TPSA) is 65.5 Å². The maximum absolute atomic E-state index is 13.0. The van der Waals surface area contributed by atoms with Gasteiger partial charge in [0.1, 0.15) is 0 Å². The van der Waals surface area contributed by atoms with Crippen molar-refractivity contribution in [2.75, 3.05) is 18.4 Å². The minimum Gasteiger partial charge on any atom is -0.391 e. The SMILES string of the molecule is O=C(c1ncc(Cl)cc1NCc1ccc(Cl)c(C(F)(F)F)c1)N1CCC(O)C1. The lowest BCUT2D eigenvalue weighted by Crippen LogP contribution is -2.31. The number of carbonyl (C=O) groups excluding carboxylic acids is 1. The number of aliphatic hydroxyl groups is 1. The first-order valence-electron chi connectivity index (χ1n) is 8.37. The third-order valence-corrected chi connectivity index (χ3v) is 4.86. The fourth-order valence-corrected chi connectivity index (χ4v) is 3.30. The van der Waals surface area contributed by atoms with Crippen LogP contribution in [-0.2, 0) is 12.7 Å². The Hall–Kier alpha value is -2.03. The standard InChI is InChI=1S/C18H16Cl2F3N3O2/c19-11-6-15(16(25-8-11)17(28)26-4-3-12(27)9-26)24-7-10-1-2-14(20)13(5-10)18(21,22)23/h1-2,5-6,8,12,24,27H,3-4,7,9H2. The Labute approximate surface area is 169 Å². The van der Waals surface area contributed by atoms with E-state index in [2.05, 4.69) is 10.3 Å². The molecule has 3 rings (SSSR count). The molecule has 1 fully saturated rings. The van der Waals surface area contributed by atoms with E-state index in [1.807, 2.05) is 0 Å². The van der Waals surface area contributed by atoms with Gasteiger partial charge in [0.2, 0.25) is 0 Å². The summed E-state index contributed by atoms with van der Waals surface area (Å²) in [5.41, 5.74) is -0.224. The second-order valence-corrected chi connectivity index (χ2v) is 7.25. The summed E-state index contributed by atoms with van der Waals surface area (Å²) in [6.07, 6.45) is -3.35. The number of halogens is 5. The number of nitrogens with zero attached hydrogens (tertiary/aromatic N) is 2. The summed E-state index contributed by atoms with van der Waals surface area (Å²) in [5.74, 6) is -0.386. The Kier molecular flexibility index (Phi) is 6.02. The summed E-state index contributed by atoms with van der Waals surface area (Å²) in [6, 6.07) is 5.07.